The van der Waals surface area contributed by atoms with Crippen molar-refractivity contribution in [1.82, 2.24) is 20.0 Å². The molecule has 0 radical (unpaired) electrons. The number of nitrogens with one attached hydrogen (secondary N) is 2. The molecule has 3 N–H and O–H groups in total. The van der Waals surface area contributed by atoms with E-state index in [1.165, 1.54) is 4.68 Å². The van der Waals surface area contributed by atoms with E-state index in [1.807, 2.05) is 39.0 Å². The number of aromatic amines is 1. The van der Waals surface area contributed by atoms with Gasteiger partial charge in [-0.3, -0.25) is 24.4 Å². The zero-order valence-electron chi connectivity index (χ0n) is 24.9. The highest BCUT2D eigenvalue weighted by atomic mass is 16.3. The number of likely N-dealkylation sites (N-methyl/N-ethyl adjacent to an activating group) is 1. The molecular weight excluding hydrogens is 492 g/mol. The topological polar surface area (TPSA) is 107 Å². The molecule has 39 heavy (non-hydrogen) atoms. The molecule has 0 bridgehead atoms. The Morgan fingerprint density at radius 1 is 1.10 bits per heavy atom. The van der Waals surface area contributed by atoms with E-state index < -0.39 is 11.3 Å². The zero-order chi connectivity index (χ0) is 29.1. The maximum Gasteiger partial charge on any atom is 0.275 e. The molecule has 1 heterocycles. The van der Waals surface area contributed by atoms with Gasteiger partial charge in [0.15, 0.2) is 0 Å². The van der Waals surface area contributed by atoms with Crippen LogP contribution in [0.25, 0.3) is 5.57 Å². The van der Waals surface area contributed by atoms with Gasteiger partial charge in [-0.2, -0.15) is 0 Å². The van der Waals surface area contributed by atoms with Gasteiger partial charge in [-0.15, -0.1) is 0 Å². The smallest absolute Gasteiger partial charge is 0.275 e. The van der Waals surface area contributed by atoms with Gasteiger partial charge < -0.3 is 10.4 Å². The van der Waals surface area contributed by atoms with Gasteiger partial charge in [-0.1, -0.05) is 59.1 Å². The molecule has 2 atom stereocenters. The molecule has 2 aliphatic rings. The Kier molecular flexibility index (Phi) is 9.64. The van der Waals surface area contributed by atoms with Crippen molar-refractivity contribution < 1.29 is 14.7 Å². The fraction of sp³-hybridized carbons (Fsp3) is 0.581. The molecule has 0 fully saturated rings. The maximum atomic E-state index is 13.6. The fourth-order valence-corrected chi connectivity index (χ4v) is 5.44. The molecule has 214 valence electrons. The lowest BCUT2D eigenvalue weighted by atomic mass is 9.79. The lowest BCUT2D eigenvalue weighted by Crippen LogP contribution is -2.38. The number of aromatic nitrogens is 2. The number of rotatable bonds is 11. The molecular formula is C31H46N4O4. The van der Waals surface area contributed by atoms with Crippen molar-refractivity contribution >= 4 is 17.3 Å². The summed E-state index contributed by atoms with van der Waals surface area (Å²) in [5.74, 6) is -0.786. The number of allylic oxidation sites excluding steroid dienone is 3. The lowest BCUT2D eigenvalue weighted by molar-refractivity contribution is -0.124. The van der Waals surface area contributed by atoms with Crippen LogP contribution < -0.4 is 10.9 Å². The molecule has 8 nitrogen and oxygen atoms in total. The van der Waals surface area contributed by atoms with Gasteiger partial charge in [0.25, 0.3) is 5.56 Å². The summed E-state index contributed by atoms with van der Waals surface area (Å²) in [6.07, 6.45) is 10.3. The first-order valence-corrected chi connectivity index (χ1v) is 14.4. The molecule has 0 aromatic carbocycles. The summed E-state index contributed by atoms with van der Waals surface area (Å²) in [7, 11) is 0. The summed E-state index contributed by atoms with van der Waals surface area (Å²) < 4.78 is 1.47. The quantitative estimate of drug-likeness (QED) is 0.333. The molecule has 0 saturated carbocycles. The Bertz CT molecular complexity index is 1280. The van der Waals surface area contributed by atoms with Crippen LogP contribution >= 0.6 is 0 Å². The molecule has 3 rings (SSSR count). The monoisotopic (exact) mass is 538 g/mol. The van der Waals surface area contributed by atoms with Crippen molar-refractivity contribution in [3.8, 4) is 0 Å². The number of aliphatic hydroxyl groups is 1. The third-order valence-electron chi connectivity index (χ3n) is 7.68. The number of Topliss-reactive ketones (excluding diaryl/α,β-unsaturated/α-hetero) is 1. The van der Waals surface area contributed by atoms with E-state index >= 15 is 0 Å². The summed E-state index contributed by atoms with van der Waals surface area (Å²) in [5.41, 5.74) is 1.03. The summed E-state index contributed by atoms with van der Waals surface area (Å²) in [4.78, 5) is 42.4. The van der Waals surface area contributed by atoms with Crippen LogP contribution in [0.5, 0.6) is 0 Å². The van der Waals surface area contributed by atoms with Crippen LogP contribution in [0.15, 0.2) is 45.6 Å². The Labute approximate surface area is 232 Å². The molecule has 0 saturated heterocycles. The Hall–Kier alpha value is -3.13. The maximum absolute atomic E-state index is 13.6. The highest BCUT2D eigenvalue weighted by Gasteiger charge is 2.41. The van der Waals surface area contributed by atoms with E-state index in [9.17, 15) is 19.5 Å². The molecule has 0 spiro atoms. The average molecular weight is 539 g/mol. The number of ketones is 1. The van der Waals surface area contributed by atoms with Crippen molar-refractivity contribution in [2.24, 2.45) is 5.92 Å². The number of hydrogen-bond donors (Lipinski definition) is 3. The molecule has 2 aliphatic carbocycles. The van der Waals surface area contributed by atoms with Gasteiger partial charge in [0.1, 0.15) is 5.76 Å². The summed E-state index contributed by atoms with van der Waals surface area (Å²) in [5, 5.41) is 17.4. The molecule has 8 heteroatoms. The predicted molar refractivity (Wildman–Crippen MR) is 156 cm³/mol. The van der Waals surface area contributed by atoms with E-state index in [1.54, 1.807) is 6.92 Å². The Morgan fingerprint density at radius 2 is 1.77 bits per heavy atom. The van der Waals surface area contributed by atoms with Gasteiger partial charge >= 0.3 is 0 Å². The number of carbonyl (C=O) groups excluding carboxylic acids is 2. The third-order valence-corrected chi connectivity index (χ3v) is 7.68. The molecule has 1 aromatic rings. The minimum Gasteiger partial charge on any atom is -0.506 e. The number of carbonyl (C=O) groups is 2. The van der Waals surface area contributed by atoms with Crippen LogP contribution in [0, 0.1) is 12.8 Å². The fourth-order valence-electron chi connectivity index (χ4n) is 5.44. The second kappa shape index (κ2) is 12.4. The minimum atomic E-state index is -0.511. The molecule has 1 unspecified atom stereocenters. The van der Waals surface area contributed by atoms with Crippen LogP contribution in [-0.4, -0.2) is 50.6 Å². The van der Waals surface area contributed by atoms with Gasteiger partial charge in [0, 0.05) is 28.9 Å². The van der Waals surface area contributed by atoms with Crippen LogP contribution in [0.1, 0.15) is 91.8 Å². The molecule has 1 amide bonds. The van der Waals surface area contributed by atoms with Gasteiger partial charge in [-0.25, -0.2) is 4.68 Å². The number of hydrogen-bond acceptors (Lipinski definition) is 5. The van der Waals surface area contributed by atoms with E-state index in [4.69, 9.17) is 0 Å². The van der Waals surface area contributed by atoms with E-state index in [2.05, 4.69) is 43.0 Å². The van der Waals surface area contributed by atoms with Gasteiger partial charge in [-0.05, 0) is 59.7 Å². The number of amides is 1. The van der Waals surface area contributed by atoms with Crippen LogP contribution in [0.4, 0.5) is 0 Å². The first-order valence-electron chi connectivity index (χ1n) is 14.4. The second-order valence-electron chi connectivity index (χ2n) is 11.5. The van der Waals surface area contributed by atoms with Crippen molar-refractivity contribution in [3.63, 3.8) is 0 Å². The van der Waals surface area contributed by atoms with E-state index in [0.717, 1.165) is 45.2 Å². The van der Waals surface area contributed by atoms with Crippen molar-refractivity contribution in [1.29, 1.82) is 0 Å². The second-order valence-corrected chi connectivity index (χ2v) is 11.5. The minimum absolute atomic E-state index is 0.0241. The van der Waals surface area contributed by atoms with Crippen molar-refractivity contribution in [2.45, 2.75) is 99.1 Å². The zero-order valence-corrected chi connectivity index (χ0v) is 24.9. The van der Waals surface area contributed by atoms with Crippen LogP contribution in [0.3, 0.4) is 0 Å². The number of H-pyrrole nitrogens is 1. The Balaban J connectivity index is 2.08. The molecule has 0 aliphatic heterocycles. The number of aliphatic hydroxyl groups excluding tert-OH is 1. The summed E-state index contributed by atoms with van der Waals surface area (Å²) >= 11 is 0. The normalized spacial score (nSPS) is 20.4. The van der Waals surface area contributed by atoms with Crippen molar-refractivity contribution in [2.75, 3.05) is 13.1 Å². The standard InChI is InChI=1S/C31H46N4O4/c1-9-13-15-20(14-10-2)29(38)32-23-18-21(34(11-3)12-4)16-17-22(23)25-27(36)26(28(25)37)24-19(5)33-35(30(24)39)31(6,7)8/h16-18,20-21,33,36H,9-15H2,1-8H3,(H,32,38)/b25-22-/t20-,21?/m1/s1. The third kappa shape index (κ3) is 6.06. The highest BCUT2D eigenvalue weighted by Crippen LogP contribution is 2.40. The predicted octanol–water partition coefficient (Wildman–Crippen LogP) is 5.28. The van der Waals surface area contributed by atoms with Gasteiger partial charge in [0.05, 0.1) is 22.2 Å². The number of unbranched alkanes of at least 4 members (excludes halogenated alkanes) is 1. The van der Waals surface area contributed by atoms with Gasteiger partial charge in [0.2, 0.25) is 11.7 Å². The first-order chi connectivity index (χ1) is 18.4. The number of aryl methyl sites for hydroxylation is 1. The van der Waals surface area contributed by atoms with E-state index in [0.29, 0.717) is 17.0 Å². The highest BCUT2D eigenvalue weighted by molar-refractivity contribution is 6.39. The Morgan fingerprint density at radius 3 is 2.28 bits per heavy atom. The molecule has 1 aromatic heterocycles. The largest absolute Gasteiger partial charge is 0.506 e. The summed E-state index contributed by atoms with van der Waals surface area (Å²) in [6.45, 7) is 17.4. The van der Waals surface area contributed by atoms with Crippen molar-refractivity contribution in [3.05, 3.63) is 62.4 Å². The SMILES string of the molecule is CCCC[C@@H](CCC)C(=O)NC1=CC(N(CC)CC)C=C/C1=C1/C(=O)C(c2c(C)[nH]n(C(C)(C)C)c2=O)=C1O. The number of nitrogens with zero attached hydrogens (tertiary/aromatic N) is 2. The average Bonchev–Trinajstić information content (AvgIpc) is 3.18. The van der Waals surface area contributed by atoms with Crippen LogP contribution in [-0.2, 0) is 15.1 Å². The lowest BCUT2D eigenvalue weighted by Gasteiger charge is -2.31. The summed E-state index contributed by atoms with van der Waals surface area (Å²) in [6, 6.07) is -0.0494. The first kappa shape index (κ1) is 30.4. The van der Waals surface area contributed by atoms with E-state index in [-0.39, 0.29) is 45.9 Å². The van der Waals surface area contributed by atoms with Crippen LogP contribution in [0.2, 0.25) is 0 Å².